The van der Waals surface area contributed by atoms with Crippen LogP contribution in [-0.4, -0.2) is 49.5 Å². The van der Waals surface area contributed by atoms with E-state index in [1.54, 1.807) is 0 Å². The molecule has 25 heavy (non-hydrogen) atoms. The van der Waals surface area contributed by atoms with Crippen molar-refractivity contribution in [3.63, 3.8) is 0 Å². The first-order valence-corrected chi connectivity index (χ1v) is 9.17. The van der Waals surface area contributed by atoms with E-state index in [2.05, 4.69) is 32.9 Å². The molecule has 0 atom stereocenters. The number of nitrogens with zero attached hydrogens (tertiary/aromatic N) is 1. The molecular weight excluding hydrogens is 318 g/mol. The van der Waals surface area contributed by atoms with E-state index < -0.39 is 5.79 Å². The van der Waals surface area contributed by atoms with Gasteiger partial charge in [-0.15, -0.1) is 0 Å². The van der Waals surface area contributed by atoms with E-state index in [1.807, 2.05) is 17.0 Å². The Morgan fingerprint density at radius 3 is 2.28 bits per heavy atom. The normalized spacial score (nSPS) is 20.5. The summed E-state index contributed by atoms with van der Waals surface area (Å²) in [6, 6.07) is 7.98. The van der Waals surface area contributed by atoms with Crippen LogP contribution in [0.1, 0.15) is 45.6 Å². The minimum atomic E-state index is -0.460. The molecule has 1 spiro atoms. The van der Waals surface area contributed by atoms with Gasteiger partial charge in [0, 0.05) is 25.9 Å². The number of ether oxygens (including phenoxy) is 3. The molecule has 0 unspecified atom stereocenters. The van der Waals surface area contributed by atoms with Crippen LogP contribution < -0.4 is 4.74 Å². The summed E-state index contributed by atoms with van der Waals surface area (Å²) in [5.41, 5.74) is 1.36. The van der Waals surface area contributed by atoms with Crippen molar-refractivity contribution < 1.29 is 19.0 Å². The summed E-state index contributed by atoms with van der Waals surface area (Å²) in [5.74, 6) is 0.290. The van der Waals surface area contributed by atoms with Gasteiger partial charge in [0.2, 0.25) is 0 Å². The van der Waals surface area contributed by atoms with Crippen molar-refractivity contribution >= 4 is 5.91 Å². The molecular formula is C20H29NO4. The van der Waals surface area contributed by atoms with Gasteiger partial charge in [0.25, 0.3) is 5.91 Å². The molecule has 1 aromatic carbocycles. The van der Waals surface area contributed by atoms with E-state index in [0.29, 0.717) is 13.1 Å². The molecule has 5 nitrogen and oxygen atoms in total. The fourth-order valence-electron chi connectivity index (χ4n) is 3.29. The largest absolute Gasteiger partial charge is 0.484 e. The molecule has 0 bridgehead atoms. The second kappa shape index (κ2) is 7.34. The molecule has 138 valence electrons. The lowest BCUT2D eigenvalue weighted by Crippen LogP contribution is -2.52. The molecule has 0 saturated carbocycles. The Balaban J connectivity index is 1.47. The van der Waals surface area contributed by atoms with Gasteiger partial charge in [-0.2, -0.15) is 0 Å². The van der Waals surface area contributed by atoms with Crippen molar-refractivity contribution in [2.45, 2.75) is 51.2 Å². The van der Waals surface area contributed by atoms with Crippen molar-refractivity contribution in [2.75, 3.05) is 32.9 Å². The smallest absolute Gasteiger partial charge is 0.260 e. The predicted molar refractivity (Wildman–Crippen MR) is 95.7 cm³/mol. The molecule has 2 saturated heterocycles. The number of hydrogen-bond donors (Lipinski definition) is 0. The molecule has 1 amide bonds. The fraction of sp³-hybridized carbons (Fsp3) is 0.650. The molecule has 2 aliphatic heterocycles. The molecule has 0 aliphatic carbocycles. The van der Waals surface area contributed by atoms with Gasteiger partial charge < -0.3 is 19.1 Å². The number of amides is 1. The maximum atomic E-state index is 12.4. The first-order valence-electron chi connectivity index (χ1n) is 9.17. The average Bonchev–Trinajstić information content (AvgIpc) is 2.61. The summed E-state index contributed by atoms with van der Waals surface area (Å²) in [6.07, 6.45) is 2.42. The second-order valence-electron chi connectivity index (χ2n) is 7.90. The minimum Gasteiger partial charge on any atom is -0.484 e. The van der Waals surface area contributed by atoms with Crippen molar-refractivity contribution in [3.8, 4) is 5.75 Å². The molecule has 2 aliphatic rings. The predicted octanol–water partition coefficient (Wildman–Crippen LogP) is 3.12. The monoisotopic (exact) mass is 347 g/mol. The van der Waals surface area contributed by atoms with Crippen molar-refractivity contribution in [1.29, 1.82) is 0 Å². The van der Waals surface area contributed by atoms with E-state index in [9.17, 15) is 4.79 Å². The van der Waals surface area contributed by atoms with Gasteiger partial charge in [-0.05, 0) is 29.5 Å². The van der Waals surface area contributed by atoms with Crippen LogP contribution in [0.5, 0.6) is 5.75 Å². The molecule has 1 aromatic rings. The molecule has 5 heteroatoms. The lowest BCUT2D eigenvalue weighted by Gasteiger charge is -2.43. The van der Waals surface area contributed by atoms with Crippen molar-refractivity contribution in [1.82, 2.24) is 4.90 Å². The molecule has 3 rings (SSSR count). The molecule has 0 N–H and O–H groups in total. The third-order valence-corrected chi connectivity index (χ3v) is 4.98. The van der Waals surface area contributed by atoms with E-state index in [0.717, 1.165) is 38.2 Å². The SMILES string of the molecule is CC(C)(C)c1ccc(OCC(=O)N2CCC3(CC2)OCCCO3)cc1. The summed E-state index contributed by atoms with van der Waals surface area (Å²) in [4.78, 5) is 14.2. The summed E-state index contributed by atoms with van der Waals surface area (Å²) in [7, 11) is 0. The third kappa shape index (κ3) is 4.53. The molecule has 2 heterocycles. The number of piperidine rings is 1. The Hall–Kier alpha value is -1.59. The van der Waals surface area contributed by atoms with Crippen LogP contribution in [0.3, 0.4) is 0 Å². The topological polar surface area (TPSA) is 48.0 Å². The highest BCUT2D eigenvalue weighted by atomic mass is 16.7. The number of rotatable bonds is 3. The summed E-state index contributed by atoms with van der Waals surface area (Å²) >= 11 is 0. The van der Waals surface area contributed by atoms with E-state index in [4.69, 9.17) is 14.2 Å². The molecule has 0 radical (unpaired) electrons. The van der Waals surface area contributed by atoms with Crippen molar-refractivity contribution in [2.24, 2.45) is 0 Å². The number of hydrogen-bond acceptors (Lipinski definition) is 4. The van der Waals surface area contributed by atoms with Crippen LogP contribution in [0, 0.1) is 0 Å². The Bertz CT molecular complexity index is 575. The van der Waals surface area contributed by atoms with Gasteiger partial charge in [-0.25, -0.2) is 0 Å². The minimum absolute atomic E-state index is 0.0190. The Labute approximate surface area is 150 Å². The van der Waals surface area contributed by atoms with Crippen LogP contribution in [0.2, 0.25) is 0 Å². The molecule has 0 aromatic heterocycles. The van der Waals surface area contributed by atoms with Gasteiger partial charge in [-0.1, -0.05) is 32.9 Å². The van der Waals surface area contributed by atoms with Crippen LogP contribution >= 0.6 is 0 Å². The maximum absolute atomic E-state index is 12.4. The Kier molecular flexibility index (Phi) is 5.35. The highest BCUT2D eigenvalue weighted by Gasteiger charge is 2.39. The quantitative estimate of drug-likeness (QED) is 0.843. The van der Waals surface area contributed by atoms with Gasteiger partial charge in [0.05, 0.1) is 13.2 Å². The van der Waals surface area contributed by atoms with E-state index in [-0.39, 0.29) is 17.9 Å². The van der Waals surface area contributed by atoms with Crippen molar-refractivity contribution in [3.05, 3.63) is 29.8 Å². The Morgan fingerprint density at radius 1 is 1.12 bits per heavy atom. The van der Waals surface area contributed by atoms with Crippen LogP contribution in [0.15, 0.2) is 24.3 Å². The number of carbonyl (C=O) groups is 1. The zero-order valence-corrected chi connectivity index (χ0v) is 15.5. The van der Waals surface area contributed by atoms with Gasteiger partial charge in [0.1, 0.15) is 5.75 Å². The molecule has 2 fully saturated rings. The first-order chi connectivity index (χ1) is 11.9. The van der Waals surface area contributed by atoms with Crippen LogP contribution in [0.25, 0.3) is 0 Å². The number of carbonyl (C=O) groups excluding carboxylic acids is 1. The van der Waals surface area contributed by atoms with Gasteiger partial charge in [-0.3, -0.25) is 4.79 Å². The fourth-order valence-corrected chi connectivity index (χ4v) is 3.29. The summed E-state index contributed by atoms with van der Waals surface area (Å²) in [6.45, 7) is 9.42. The second-order valence-corrected chi connectivity index (χ2v) is 7.90. The zero-order valence-electron chi connectivity index (χ0n) is 15.5. The number of benzene rings is 1. The highest BCUT2D eigenvalue weighted by molar-refractivity contribution is 5.77. The van der Waals surface area contributed by atoms with Gasteiger partial charge >= 0.3 is 0 Å². The lowest BCUT2D eigenvalue weighted by molar-refractivity contribution is -0.282. The van der Waals surface area contributed by atoms with Gasteiger partial charge in [0.15, 0.2) is 12.4 Å². The summed E-state index contributed by atoms with van der Waals surface area (Å²) in [5, 5.41) is 0. The highest BCUT2D eigenvalue weighted by Crippen LogP contribution is 2.30. The van der Waals surface area contributed by atoms with E-state index >= 15 is 0 Å². The Morgan fingerprint density at radius 2 is 1.72 bits per heavy atom. The average molecular weight is 347 g/mol. The van der Waals surface area contributed by atoms with Crippen LogP contribution in [0.4, 0.5) is 0 Å². The van der Waals surface area contributed by atoms with Crippen LogP contribution in [-0.2, 0) is 19.7 Å². The lowest BCUT2D eigenvalue weighted by atomic mass is 9.87. The third-order valence-electron chi connectivity index (χ3n) is 4.98. The zero-order chi connectivity index (χ0) is 17.9. The maximum Gasteiger partial charge on any atom is 0.260 e. The first kappa shape index (κ1) is 18.2. The summed E-state index contributed by atoms with van der Waals surface area (Å²) < 4.78 is 17.3. The standard InChI is InChI=1S/C20H29NO4/c1-19(2,3)16-5-7-17(8-6-16)23-15-18(22)21-11-9-20(10-12-21)24-13-4-14-25-20/h5-8H,4,9-15H2,1-3H3. The van der Waals surface area contributed by atoms with E-state index in [1.165, 1.54) is 5.56 Å². The number of likely N-dealkylation sites (tertiary alicyclic amines) is 1.